The molecule has 0 atom stereocenters. The van der Waals surface area contributed by atoms with Crippen molar-refractivity contribution in [1.29, 1.82) is 0 Å². The number of benzene rings is 2. The van der Waals surface area contributed by atoms with Crippen molar-refractivity contribution in [3.8, 4) is 5.75 Å². The number of nitrogens with two attached hydrogens (primary N) is 1. The number of hydrogen-bond acceptors (Lipinski definition) is 6. The van der Waals surface area contributed by atoms with Crippen LogP contribution in [0.15, 0.2) is 52.7 Å². The molecule has 1 amide bonds. The first-order chi connectivity index (χ1) is 11.5. The molecule has 0 aromatic heterocycles. The Morgan fingerprint density at radius 3 is 2.62 bits per heavy atom. The number of nitrogens with zero attached hydrogens (tertiary/aromatic N) is 2. The van der Waals surface area contributed by atoms with Gasteiger partial charge in [-0.15, -0.1) is 5.11 Å². The fourth-order valence-electron chi connectivity index (χ4n) is 1.95. The lowest BCUT2D eigenvalue weighted by Crippen LogP contribution is -2.34. The van der Waals surface area contributed by atoms with Gasteiger partial charge in [-0.05, 0) is 30.3 Å². The summed E-state index contributed by atoms with van der Waals surface area (Å²) in [4.78, 5) is 22.6. The zero-order valence-corrected chi connectivity index (χ0v) is 12.5. The molecular formula is C15H14BN4O4. The number of carboxylic acids is 1. The Kier molecular flexibility index (Phi) is 5.64. The Morgan fingerprint density at radius 1 is 1.17 bits per heavy atom. The zero-order valence-electron chi connectivity index (χ0n) is 12.5. The summed E-state index contributed by atoms with van der Waals surface area (Å²) in [6.45, 7) is 0. The third-order valence-electron chi connectivity index (χ3n) is 3.07. The van der Waals surface area contributed by atoms with E-state index in [0.717, 1.165) is 7.55 Å². The molecule has 1 radical (unpaired) electrons. The molecule has 0 unspecified atom stereocenters. The first-order valence-electron chi connectivity index (χ1n) is 6.90. The maximum Gasteiger partial charge on any atom is 0.345 e. The van der Waals surface area contributed by atoms with Gasteiger partial charge in [-0.3, -0.25) is 4.79 Å². The SMILES string of the molecule is N[B]NC(=O)Cc1cc(N=Nc2ccccc2C(=O)O)ccc1O. The second-order valence-corrected chi connectivity index (χ2v) is 4.75. The highest BCUT2D eigenvalue weighted by atomic mass is 16.4. The molecular weight excluding hydrogens is 311 g/mol. The highest BCUT2D eigenvalue weighted by Crippen LogP contribution is 2.26. The summed E-state index contributed by atoms with van der Waals surface area (Å²) in [6.07, 6.45) is -0.0887. The lowest BCUT2D eigenvalue weighted by molar-refractivity contribution is -0.118. The van der Waals surface area contributed by atoms with Crippen LogP contribution in [0.4, 0.5) is 11.4 Å². The second kappa shape index (κ2) is 7.88. The van der Waals surface area contributed by atoms with Crippen molar-refractivity contribution < 1.29 is 19.8 Å². The molecule has 8 nitrogen and oxygen atoms in total. The van der Waals surface area contributed by atoms with Crippen LogP contribution in [0.5, 0.6) is 5.75 Å². The molecule has 0 aliphatic rings. The fraction of sp³-hybridized carbons (Fsp3) is 0.0667. The largest absolute Gasteiger partial charge is 0.508 e. The third kappa shape index (κ3) is 4.40. The minimum atomic E-state index is -1.11. The van der Waals surface area contributed by atoms with Crippen molar-refractivity contribution in [3.63, 3.8) is 0 Å². The average Bonchev–Trinajstić information content (AvgIpc) is 2.56. The minimum Gasteiger partial charge on any atom is -0.508 e. The predicted octanol–water partition coefficient (Wildman–Crippen LogP) is 1.66. The lowest BCUT2D eigenvalue weighted by Gasteiger charge is -2.05. The first-order valence-corrected chi connectivity index (χ1v) is 6.90. The van der Waals surface area contributed by atoms with Crippen molar-refractivity contribution >= 4 is 30.8 Å². The predicted molar refractivity (Wildman–Crippen MR) is 87.5 cm³/mol. The maximum absolute atomic E-state index is 11.5. The summed E-state index contributed by atoms with van der Waals surface area (Å²) in [6, 6.07) is 10.6. The van der Waals surface area contributed by atoms with Gasteiger partial charge in [0.1, 0.15) is 11.4 Å². The van der Waals surface area contributed by atoms with Gasteiger partial charge < -0.3 is 21.1 Å². The molecule has 24 heavy (non-hydrogen) atoms. The molecule has 0 bridgehead atoms. The van der Waals surface area contributed by atoms with Crippen LogP contribution < -0.4 is 10.9 Å². The van der Waals surface area contributed by atoms with Crippen LogP contribution in [-0.4, -0.2) is 29.6 Å². The van der Waals surface area contributed by atoms with E-state index in [-0.39, 0.29) is 23.4 Å². The van der Waals surface area contributed by atoms with E-state index in [1.807, 2.05) is 0 Å². The first kappa shape index (κ1) is 17.2. The molecule has 0 aliphatic carbocycles. The van der Waals surface area contributed by atoms with Crippen molar-refractivity contribution in [2.45, 2.75) is 6.42 Å². The van der Waals surface area contributed by atoms with Crippen LogP contribution >= 0.6 is 0 Å². The Balaban J connectivity index is 2.24. The van der Waals surface area contributed by atoms with Gasteiger partial charge in [-0.25, -0.2) is 4.79 Å². The van der Waals surface area contributed by atoms with Gasteiger partial charge in [-0.2, -0.15) is 5.11 Å². The Hall–Kier alpha value is -3.20. The van der Waals surface area contributed by atoms with E-state index in [1.165, 1.54) is 30.3 Å². The number of aromatic carboxylic acids is 1. The van der Waals surface area contributed by atoms with Crippen molar-refractivity contribution in [3.05, 3.63) is 53.6 Å². The summed E-state index contributed by atoms with van der Waals surface area (Å²) in [5, 5.41) is 29.1. The van der Waals surface area contributed by atoms with Crippen molar-refractivity contribution in [1.82, 2.24) is 5.23 Å². The summed E-state index contributed by atoms with van der Waals surface area (Å²) < 4.78 is 0. The van der Waals surface area contributed by atoms with Gasteiger partial charge in [0, 0.05) is 5.56 Å². The van der Waals surface area contributed by atoms with Gasteiger partial charge in [0.25, 0.3) is 0 Å². The Morgan fingerprint density at radius 2 is 1.92 bits per heavy atom. The number of rotatable bonds is 6. The summed E-state index contributed by atoms with van der Waals surface area (Å²) in [7, 11) is 1.01. The summed E-state index contributed by atoms with van der Waals surface area (Å²) >= 11 is 0. The quantitative estimate of drug-likeness (QED) is 0.473. The van der Waals surface area contributed by atoms with Crippen LogP contribution in [0.2, 0.25) is 0 Å². The zero-order chi connectivity index (χ0) is 17.5. The fourth-order valence-corrected chi connectivity index (χ4v) is 1.95. The van der Waals surface area contributed by atoms with Gasteiger partial charge in [0.05, 0.1) is 17.7 Å². The Labute approximate surface area is 138 Å². The van der Waals surface area contributed by atoms with E-state index < -0.39 is 11.9 Å². The number of aromatic hydroxyl groups is 1. The highest BCUT2D eigenvalue weighted by Gasteiger charge is 2.10. The average molecular weight is 325 g/mol. The normalized spacial score (nSPS) is 10.5. The van der Waals surface area contributed by atoms with E-state index >= 15 is 0 Å². The molecule has 0 spiro atoms. The third-order valence-corrected chi connectivity index (χ3v) is 3.07. The summed E-state index contributed by atoms with van der Waals surface area (Å²) in [5.41, 5.74) is 6.04. The molecule has 2 aromatic carbocycles. The Bertz CT molecular complexity index is 795. The lowest BCUT2D eigenvalue weighted by atomic mass is 10.1. The standard InChI is InChI=1S/C15H14BN4O4/c17-16-18-14(22)8-9-7-10(5-6-13(9)21)19-20-12-4-2-1-3-11(12)15(23)24/h1-7,21H,8,17H2,(H,18,22)(H,23,24). The molecule has 0 saturated carbocycles. The van der Waals surface area contributed by atoms with Crippen LogP contribution in [0, 0.1) is 0 Å². The van der Waals surface area contributed by atoms with Gasteiger partial charge in [0.15, 0.2) is 0 Å². The van der Waals surface area contributed by atoms with Gasteiger partial charge >= 0.3 is 13.5 Å². The second-order valence-electron chi connectivity index (χ2n) is 4.75. The van der Waals surface area contributed by atoms with Crippen LogP contribution in [-0.2, 0) is 11.2 Å². The number of phenols is 1. The van der Waals surface area contributed by atoms with Gasteiger partial charge in [0.2, 0.25) is 5.91 Å². The van der Waals surface area contributed by atoms with Crippen LogP contribution in [0.3, 0.4) is 0 Å². The number of carbonyl (C=O) groups excluding carboxylic acids is 1. The molecule has 0 aliphatic heterocycles. The number of carboxylic acid groups (broad SMARTS) is 1. The van der Waals surface area contributed by atoms with Crippen LogP contribution in [0.1, 0.15) is 15.9 Å². The highest BCUT2D eigenvalue weighted by molar-refractivity contribution is 6.33. The van der Waals surface area contributed by atoms with E-state index in [9.17, 15) is 14.7 Å². The van der Waals surface area contributed by atoms with E-state index in [0.29, 0.717) is 11.3 Å². The van der Waals surface area contributed by atoms with Crippen molar-refractivity contribution in [2.24, 2.45) is 15.9 Å². The number of hydrogen-bond donors (Lipinski definition) is 4. The van der Waals surface area contributed by atoms with Crippen molar-refractivity contribution in [2.75, 3.05) is 0 Å². The molecule has 0 heterocycles. The smallest absolute Gasteiger partial charge is 0.345 e. The van der Waals surface area contributed by atoms with E-state index in [4.69, 9.17) is 10.8 Å². The molecule has 0 saturated heterocycles. The molecule has 9 heteroatoms. The molecule has 121 valence electrons. The number of phenolic OH excluding ortho intramolecular Hbond substituents is 1. The molecule has 2 aromatic rings. The molecule has 0 fully saturated rings. The number of nitrogens with one attached hydrogen (secondary N) is 1. The monoisotopic (exact) mass is 325 g/mol. The van der Waals surface area contributed by atoms with Gasteiger partial charge in [-0.1, -0.05) is 12.1 Å². The molecule has 2 rings (SSSR count). The maximum atomic E-state index is 11.5. The number of carbonyl (C=O) groups is 2. The minimum absolute atomic E-state index is 0.0260. The number of azo groups is 1. The van der Waals surface area contributed by atoms with E-state index in [2.05, 4.69) is 15.5 Å². The van der Waals surface area contributed by atoms with E-state index in [1.54, 1.807) is 12.1 Å². The molecule has 5 N–H and O–H groups in total. The topological polar surface area (TPSA) is 137 Å². The number of amides is 1. The van der Waals surface area contributed by atoms with Crippen LogP contribution in [0.25, 0.3) is 0 Å². The summed E-state index contributed by atoms with van der Waals surface area (Å²) in [5.74, 6) is -1.56.